The Balaban J connectivity index is 1.70. The maximum Gasteiger partial charge on any atom is 0.270 e. The number of rotatable bonds is 4. The molecular weight excluding hydrogens is 320 g/mol. The molecule has 2 saturated carbocycles. The lowest BCUT2D eigenvalue weighted by Crippen LogP contribution is -2.50. The van der Waals surface area contributed by atoms with E-state index in [1.165, 1.54) is 16.8 Å². The molecule has 0 bridgehead atoms. The minimum atomic E-state index is -2.71. The smallest absolute Gasteiger partial charge is 0.270 e. The first-order valence-corrected chi connectivity index (χ1v) is 7.72. The van der Waals surface area contributed by atoms with E-state index in [4.69, 9.17) is 5.73 Å². The van der Waals surface area contributed by atoms with Gasteiger partial charge in [0.25, 0.3) is 17.7 Å². The third kappa shape index (κ3) is 2.40. The predicted octanol–water partition coefficient (Wildman–Crippen LogP) is 1.23. The number of nitrogens with one attached hydrogen (secondary N) is 1. The monoisotopic (exact) mass is 335 g/mol. The number of aromatic nitrogens is 3. The number of primary amides is 1. The maximum absolute atomic E-state index is 12.9. The molecule has 2 aliphatic rings. The van der Waals surface area contributed by atoms with Crippen LogP contribution in [0.25, 0.3) is 5.65 Å². The van der Waals surface area contributed by atoms with Gasteiger partial charge in [-0.05, 0) is 18.9 Å². The quantitative estimate of drug-likeness (QED) is 0.877. The molecule has 0 unspecified atom stereocenters. The molecule has 7 nitrogen and oxygen atoms in total. The molecule has 0 saturated heterocycles. The Kier molecular flexibility index (Phi) is 3.09. The molecule has 2 aliphatic carbocycles. The van der Waals surface area contributed by atoms with Crippen LogP contribution < -0.4 is 11.1 Å². The van der Waals surface area contributed by atoms with Crippen LogP contribution in [-0.4, -0.2) is 38.4 Å². The summed E-state index contributed by atoms with van der Waals surface area (Å²) in [4.78, 5) is 28.3. The SMILES string of the molecule is NC(=O)c1c(C2CC2)nn2c(C(=O)NC3CC(F)(F)C3)ccnc12. The van der Waals surface area contributed by atoms with Gasteiger partial charge in [0.1, 0.15) is 11.3 Å². The molecule has 0 atom stereocenters. The van der Waals surface area contributed by atoms with Crippen molar-refractivity contribution in [3.63, 3.8) is 0 Å². The van der Waals surface area contributed by atoms with Crippen LogP contribution in [0.2, 0.25) is 0 Å². The molecule has 24 heavy (non-hydrogen) atoms. The number of amides is 2. The summed E-state index contributed by atoms with van der Waals surface area (Å²) >= 11 is 0. The molecular formula is C15H15F2N5O2. The van der Waals surface area contributed by atoms with Gasteiger partial charge in [-0.2, -0.15) is 5.10 Å². The number of carbonyl (C=O) groups excluding carboxylic acids is 2. The van der Waals surface area contributed by atoms with Gasteiger partial charge < -0.3 is 11.1 Å². The van der Waals surface area contributed by atoms with Crippen LogP contribution in [0.3, 0.4) is 0 Å². The third-order valence-corrected chi connectivity index (χ3v) is 4.41. The summed E-state index contributed by atoms with van der Waals surface area (Å²) in [5.74, 6) is -3.73. The van der Waals surface area contributed by atoms with Crippen molar-refractivity contribution in [1.82, 2.24) is 19.9 Å². The van der Waals surface area contributed by atoms with Crippen molar-refractivity contribution < 1.29 is 18.4 Å². The van der Waals surface area contributed by atoms with E-state index in [1.54, 1.807) is 0 Å². The summed E-state index contributed by atoms with van der Waals surface area (Å²) in [6, 6.07) is 0.873. The van der Waals surface area contributed by atoms with Crippen LogP contribution >= 0.6 is 0 Å². The number of hydrogen-bond donors (Lipinski definition) is 2. The van der Waals surface area contributed by atoms with Gasteiger partial charge in [-0.1, -0.05) is 0 Å². The van der Waals surface area contributed by atoms with E-state index in [0.29, 0.717) is 5.69 Å². The molecule has 3 N–H and O–H groups in total. The number of nitrogens with two attached hydrogens (primary N) is 1. The second kappa shape index (κ2) is 4.96. The molecule has 126 valence electrons. The number of carbonyl (C=O) groups is 2. The van der Waals surface area contributed by atoms with Crippen molar-refractivity contribution >= 4 is 17.5 Å². The van der Waals surface area contributed by atoms with Crippen LogP contribution in [0.4, 0.5) is 8.78 Å². The Hall–Kier alpha value is -2.58. The molecule has 0 aliphatic heterocycles. The zero-order valence-electron chi connectivity index (χ0n) is 12.6. The van der Waals surface area contributed by atoms with Gasteiger partial charge >= 0.3 is 0 Å². The highest BCUT2D eigenvalue weighted by Crippen LogP contribution is 2.41. The minimum absolute atomic E-state index is 0.143. The number of nitrogens with zero attached hydrogens (tertiary/aromatic N) is 3. The fraction of sp³-hybridized carbons (Fsp3) is 0.467. The van der Waals surface area contributed by atoms with Crippen LogP contribution in [-0.2, 0) is 0 Å². The lowest BCUT2D eigenvalue weighted by molar-refractivity contribution is -0.0901. The number of fused-ring (bicyclic) bond motifs is 1. The topological polar surface area (TPSA) is 102 Å². The van der Waals surface area contributed by atoms with E-state index >= 15 is 0 Å². The molecule has 0 spiro atoms. The summed E-state index contributed by atoms with van der Waals surface area (Å²) in [5.41, 5.74) is 6.57. The number of alkyl halides is 2. The first-order chi connectivity index (χ1) is 11.4. The van der Waals surface area contributed by atoms with Crippen LogP contribution in [0.1, 0.15) is 58.1 Å². The normalized spacial score (nSPS) is 19.9. The first kappa shape index (κ1) is 15.0. The van der Waals surface area contributed by atoms with E-state index in [1.807, 2.05) is 0 Å². The molecule has 0 radical (unpaired) electrons. The van der Waals surface area contributed by atoms with Crippen molar-refractivity contribution in [2.75, 3.05) is 0 Å². The number of halogens is 2. The summed E-state index contributed by atoms with van der Waals surface area (Å²) in [6.45, 7) is 0. The summed E-state index contributed by atoms with van der Waals surface area (Å²) in [7, 11) is 0. The lowest BCUT2D eigenvalue weighted by atomic mass is 9.88. The average Bonchev–Trinajstić information content (AvgIpc) is 3.24. The second-order valence-corrected chi connectivity index (χ2v) is 6.40. The predicted molar refractivity (Wildman–Crippen MR) is 78.9 cm³/mol. The third-order valence-electron chi connectivity index (χ3n) is 4.41. The summed E-state index contributed by atoms with van der Waals surface area (Å²) < 4.78 is 27.1. The average molecular weight is 335 g/mol. The molecule has 9 heteroatoms. The largest absolute Gasteiger partial charge is 0.365 e. The van der Waals surface area contributed by atoms with Crippen LogP contribution in [0, 0.1) is 0 Å². The molecule has 0 aromatic carbocycles. The highest BCUT2D eigenvalue weighted by molar-refractivity contribution is 6.01. The Morgan fingerprint density at radius 2 is 2.04 bits per heavy atom. The highest BCUT2D eigenvalue weighted by Gasteiger charge is 2.46. The molecule has 2 aromatic rings. The highest BCUT2D eigenvalue weighted by atomic mass is 19.3. The van der Waals surface area contributed by atoms with Gasteiger partial charge in [-0.3, -0.25) is 9.59 Å². The number of hydrogen-bond acceptors (Lipinski definition) is 4. The zero-order valence-corrected chi connectivity index (χ0v) is 12.6. The van der Waals surface area contributed by atoms with Crippen molar-refractivity contribution in [3.8, 4) is 0 Å². The Morgan fingerprint density at radius 1 is 1.33 bits per heavy atom. The fourth-order valence-corrected chi connectivity index (χ4v) is 3.04. The van der Waals surface area contributed by atoms with Gasteiger partial charge in [0, 0.05) is 31.0 Å². The van der Waals surface area contributed by atoms with Gasteiger partial charge in [-0.15, -0.1) is 0 Å². The van der Waals surface area contributed by atoms with Crippen molar-refractivity contribution in [2.45, 2.75) is 43.6 Å². The Morgan fingerprint density at radius 3 is 2.62 bits per heavy atom. The van der Waals surface area contributed by atoms with E-state index < -0.39 is 23.8 Å². The van der Waals surface area contributed by atoms with E-state index in [9.17, 15) is 18.4 Å². The van der Waals surface area contributed by atoms with Gasteiger partial charge in [-0.25, -0.2) is 18.3 Å². The molecule has 2 fully saturated rings. The molecule has 2 amide bonds. The van der Waals surface area contributed by atoms with Crippen molar-refractivity contribution in [2.24, 2.45) is 5.73 Å². The van der Waals surface area contributed by atoms with Gasteiger partial charge in [0.2, 0.25) is 0 Å². The van der Waals surface area contributed by atoms with E-state index in [-0.39, 0.29) is 35.7 Å². The second-order valence-electron chi connectivity index (χ2n) is 6.40. The molecule has 2 heterocycles. The molecule has 4 rings (SSSR count). The Labute approximate surface area is 135 Å². The van der Waals surface area contributed by atoms with Crippen molar-refractivity contribution in [1.29, 1.82) is 0 Å². The lowest BCUT2D eigenvalue weighted by Gasteiger charge is -2.35. The standard InChI is InChI=1S/C15H15F2N5O2/c16-15(17)5-8(6-15)20-14(24)9-3-4-19-13-10(12(18)23)11(7-1-2-7)21-22(9)13/h3-4,7-8H,1-2,5-6H2,(H2,18,23)(H,20,24). The maximum atomic E-state index is 12.9. The summed E-state index contributed by atoms with van der Waals surface area (Å²) in [6.07, 6.45) is 2.45. The van der Waals surface area contributed by atoms with Crippen LogP contribution in [0.15, 0.2) is 12.3 Å². The molecule has 2 aromatic heterocycles. The first-order valence-electron chi connectivity index (χ1n) is 7.72. The van der Waals surface area contributed by atoms with Gasteiger partial charge in [0.15, 0.2) is 5.65 Å². The zero-order chi connectivity index (χ0) is 17.1. The minimum Gasteiger partial charge on any atom is -0.365 e. The van der Waals surface area contributed by atoms with E-state index in [2.05, 4.69) is 15.4 Å². The van der Waals surface area contributed by atoms with E-state index in [0.717, 1.165) is 12.8 Å². The van der Waals surface area contributed by atoms with Crippen molar-refractivity contribution in [3.05, 3.63) is 29.2 Å². The van der Waals surface area contributed by atoms with Crippen LogP contribution in [0.5, 0.6) is 0 Å². The summed E-state index contributed by atoms with van der Waals surface area (Å²) in [5, 5.41) is 6.90. The van der Waals surface area contributed by atoms with Gasteiger partial charge in [0.05, 0.1) is 5.69 Å². The fourth-order valence-electron chi connectivity index (χ4n) is 3.04. The Bertz CT molecular complexity index is 851.